The van der Waals surface area contributed by atoms with Crippen LogP contribution in [0.15, 0.2) is 42.5 Å². The second kappa shape index (κ2) is 6.59. The summed E-state index contributed by atoms with van der Waals surface area (Å²) in [6.07, 6.45) is 0.964. The number of halogens is 2. The molecule has 0 saturated heterocycles. The van der Waals surface area contributed by atoms with Crippen molar-refractivity contribution in [2.24, 2.45) is 0 Å². The predicted molar refractivity (Wildman–Crippen MR) is 88.6 cm³/mol. The Bertz CT molecular complexity index is 717. The molecule has 0 bridgehead atoms. The minimum Gasteiger partial charge on any atom is -0.481 e. The zero-order valence-electron chi connectivity index (χ0n) is 12.8. The molecule has 0 radical (unpaired) electrons. The van der Waals surface area contributed by atoms with Gasteiger partial charge in [0, 0.05) is 17.3 Å². The van der Waals surface area contributed by atoms with Crippen molar-refractivity contribution < 1.29 is 13.9 Å². The molecule has 1 aliphatic heterocycles. The van der Waals surface area contributed by atoms with Gasteiger partial charge in [-0.2, -0.15) is 0 Å². The molecule has 1 aliphatic rings. The standard InChI is InChI=1S/C18H17ClFNO2/c1-12(23-16-7-4-14(19)5-8-16)18(22)21-10-2-3-13-11-15(20)6-9-17(13)21/h4-9,11-12H,2-3,10H2,1H3. The fraction of sp³-hybridized carbons (Fsp3) is 0.278. The molecule has 0 fully saturated rings. The zero-order valence-corrected chi connectivity index (χ0v) is 13.5. The van der Waals surface area contributed by atoms with Crippen molar-refractivity contribution in [1.29, 1.82) is 0 Å². The molecule has 0 aliphatic carbocycles. The predicted octanol–water partition coefficient (Wildman–Crippen LogP) is 4.23. The van der Waals surface area contributed by atoms with Crippen molar-refractivity contribution in [3.8, 4) is 5.75 Å². The van der Waals surface area contributed by atoms with E-state index in [1.807, 2.05) is 0 Å². The molecule has 120 valence electrons. The highest BCUT2D eigenvalue weighted by Crippen LogP contribution is 2.29. The number of nitrogens with zero attached hydrogens (tertiary/aromatic N) is 1. The Morgan fingerprint density at radius 2 is 2.00 bits per heavy atom. The van der Waals surface area contributed by atoms with Crippen LogP contribution >= 0.6 is 11.6 Å². The third kappa shape index (κ3) is 3.48. The number of carbonyl (C=O) groups excluding carboxylic acids is 1. The van der Waals surface area contributed by atoms with Crippen LogP contribution in [0.2, 0.25) is 5.02 Å². The molecule has 0 aromatic heterocycles. The molecule has 0 N–H and O–H groups in total. The summed E-state index contributed by atoms with van der Waals surface area (Å²) in [4.78, 5) is 14.4. The molecule has 23 heavy (non-hydrogen) atoms. The zero-order chi connectivity index (χ0) is 16.4. The SMILES string of the molecule is CC(Oc1ccc(Cl)cc1)C(=O)N1CCCc2cc(F)ccc21. The van der Waals surface area contributed by atoms with Crippen molar-refractivity contribution in [3.05, 3.63) is 58.9 Å². The van der Waals surface area contributed by atoms with Gasteiger partial charge in [0.2, 0.25) is 0 Å². The summed E-state index contributed by atoms with van der Waals surface area (Å²) in [7, 11) is 0. The van der Waals surface area contributed by atoms with Crippen molar-refractivity contribution >= 4 is 23.2 Å². The molecule has 1 amide bonds. The monoisotopic (exact) mass is 333 g/mol. The number of benzene rings is 2. The van der Waals surface area contributed by atoms with E-state index in [2.05, 4.69) is 0 Å². The van der Waals surface area contributed by atoms with Gasteiger partial charge >= 0.3 is 0 Å². The maximum Gasteiger partial charge on any atom is 0.267 e. The summed E-state index contributed by atoms with van der Waals surface area (Å²) in [5.41, 5.74) is 1.64. The molecule has 2 aromatic rings. The molecule has 1 atom stereocenters. The van der Waals surface area contributed by atoms with Crippen LogP contribution in [0.4, 0.5) is 10.1 Å². The van der Waals surface area contributed by atoms with Crippen molar-refractivity contribution in [2.45, 2.75) is 25.9 Å². The molecule has 3 nitrogen and oxygen atoms in total. The third-order valence-electron chi connectivity index (χ3n) is 3.90. The molecule has 0 spiro atoms. The Morgan fingerprint density at radius 1 is 1.26 bits per heavy atom. The maximum atomic E-state index is 13.4. The van der Waals surface area contributed by atoms with Crippen LogP contribution in [-0.2, 0) is 11.2 Å². The van der Waals surface area contributed by atoms with E-state index >= 15 is 0 Å². The van der Waals surface area contributed by atoms with Crippen LogP contribution in [0.1, 0.15) is 18.9 Å². The molecular formula is C18H17ClFNO2. The quantitative estimate of drug-likeness (QED) is 0.841. The first-order chi connectivity index (χ1) is 11.0. The van der Waals surface area contributed by atoms with E-state index in [1.165, 1.54) is 12.1 Å². The van der Waals surface area contributed by atoms with Gasteiger partial charge in [0.05, 0.1) is 0 Å². The average Bonchev–Trinajstić information content (AvgIpc) is 2.55. The summed E-state index contributed by atoms with van der Waals surface area (Å²) in [6.45, 7) is 2.33. The number of amides is 1. The number of fused-ring (bicyclic) bond motifs is 1. The van der Waals surface area contributed by atoms with E-state index in [9.17, 15) is 9.18 Å². The first kappa shape index (κ1) is 15.8. The summed E-state index contributed by atoms with van der Waals surface area (Å²) in [5, 5.41) is 0.614. The van der Waals surface area contributed by atoms with Gasteiger partial charge in [-0.25, -0.2) is 4.39 Å². The fourth-order valence-corrected chi connectivity index (χ4v) is 2.91. The molecular weight excluding hydrogens is 317 g/mol. The van der Waals surface area contributed by atoms with Gasteiger partial charge in [-0.1, -0.05) is 11.6 Å². The van der Waals surface area contributed by atoms with E-state index in [1.54, 1.807) is 42.2 Å². The minimum atomic E-state index is -0.632. The maximum absolute atomic E-state index is 13.4. The summed E-state index contributed by atoms with van der Waals surface area (Å²) in [6, 6.07) is 11.4. The van der Waals surface area contributed by atoms with E-state index in [0.29, 0.717) is 17.3 Å². The highest BCUT2D eigenvalue weighted by Gasteiger charge is 2.27. The van der Waals surface area contributed by atoms with Crippen LogP contribution < -0.4 is 9.64 Å². The molecule has 0 saturated carbocycles. The van der Waals surface area contributed by atoms with E-state index in [-0.39, 0.29) is 11.7 Å². The van der Waals surface area contributed by atoms with Crippen LogP contribution in [0.3, 0.4) is 0 Å². The Balaban J connectivity index is 1.77. The first-order valence-electron chi connectivity index (χ1n) is 7.56. The van der Waals surface area contributed by atoms with E-state index < -0.39 is 6.10 Å². The lowest BCUT2D eigenvalue weighted by atomic mass is 10.0. The Hall–Kier alpha value is -2.07. The lowest BCUT2D eigenvalue weighted by Crippen LogP contribution is -2.43. The van der Waals surface area contributed by atoms with Crippen LogP contribution in [0, 0.1) is 5.82 Å². The van der Waals surface area contributed by atoms with Gasteiger partial charge in [0.15, 0.2) is 6.10 Å². The first-order valence-corrected chi connectivity index (χ1v) is 7.94. The Kier molecular flexibility index (Phi) is 4.53. The van der Waals surface area contributed by atoms with E-state index in [0.717, 1.165) is 24.1 Å². The average molecular weight is 334 g/mol. The van der Waals surface area contributed by atoms with Crippen molar-refractivity contribution in [2.75, 3.05) is 11.4 Å². The van der Waals surface area contributed by atoms with E-state index in [4.69, 9.17) is 16.3 Å². The Labute approximate surface area is 139 Å². The van der Waals surface area contributed by atoms with Crippen molar-refractivity contribution in [1.82, 2.24) is 0 Å². The molecule has 1 heterocycles. The highest BCUT2D eigenvalue weighted by molar-refractivity contribution is 6.30. The highest BCUT2D eigenvalue weighted by atomic mass is 35.5. The lowest BCUT2D eigenvalue weighted by Gasteiger charge is -2.31. The molecule has 3 rings (SSSR count). The minimum absolute atomic E-state index is 0.132. The van der Waals surface area contributed by atoms with Gasteiger partial charge in [-0.3, -0.25) is 4.79 Å². The van der Waals surface area contributed by atoms with Crippen molar-refractivity contribution in [3.63, 3.8) is 0 Å². The smallest absolute Gasteiger partial charge is 0.267 e. The van der Waals surface area contributed by atoms with Gasteiger partial charge < -0.3 is 9.64 Å². The second-order valence-electron chi connectivity index (χ2n) is 5.58. The normalized spacial score (nSPS) is 15.0. The number of hydrogen-bond acceptors (Lipinski definition) is 2. The summed E-state index contributed by atoms with van der Waals surface area (Å²) < 4.78 is 19.1. The topological polar surface area (TPSA) is 29.5 Å². The number of hydrogen-bond donors (Lipinski definition) is 0. The van der Waals surface area contributed by atoms with Gasteiger partial charge in [0.1, 0.15) is 11.6 Å². The fourth-order valence-electron chi connectivity index (χ4n) is 2.78. The molecule has 5 heteroatoms. The number of carbonyl (C=O) groups is 1. The second-order valence-corrected chi connectivity index (χ2v) is 6.02. The van der Waals surface area contributed by atoms with Gasteiger partial charge in [-0.15, -0.1) is 0 Å². The number of ether oxygens (including phenoxy) is 1. The van der Waals surface area contributed by atoms with Crippen LogP contribution in [0.25, 0.3) is 0 Å². The number of rotatable bonds is 3. The number of anilines is 1. The molecule has 2 aromatic carbocycles. The Morgan fingerprint density at radius 3 is 2.74 bits per heavy atom. The largest absolute Gasteiger partial charge is 0.481 e. The summed E-state index contributed by atoms with van der Waals surface area (Å²) in [5.74, 6) is 0.183. The van der Waals surface area contributed by atoms with Gasteiger partial charge in [-0.05, 0) is 67.8 Å². The molecule has 1 unspecified atom stereocenters. The van der Waals surface area contributed by atoms with Gasteiger partial charge in [0.25, 0.3) is 5.91 Å². The summed E-state index contributed by atoms with van der Waals surface area (Å²) >= 11 is 5.84. The number of aryl methyl sites for hydroxylation is 1. The van der Waals surface area contributed by atoms with Crippen LogP contribution in [-0.4, -0.2) is 18.6 Å². The lowest BCUT2D eigenvalue weighted by molar-refractivity contribution is -0.124. The van der Waals surface area contributed by atoms with Crippen LogP contribution in [0.5, 0.6) is 5.75 Å². The third-order valence-corrected chi connectivity index (χ3v) is 4.15.